The molecule has 0 unspecified atom stereocenters. The molecule has 0 aliphatic carbocycles. The normalized spacial score (nSPS) is 11.9. The Bertz CT molecular complexity index is 3500. The molecule has 4 nitrogen and oxygen atoms in total. The van der Waals surface area contributed by atoms with Gasteiger partial charge in [0.2, 0.25) is 0 Å². The Kier molecular flexibility index (Phi) is 6.89. The average Bonchev–Trinajstić information content (AvgIpc) is 3.62. The number of aromatic nitrogens is 4. The van der Waals surface area contributed by atoms with Crippen molar-refractivity contribution in [1.29, 1.82) is 0 Å². The molecule has 0 saturated heterocycles. The van der Waals surface area contributed by atoms with Gasteiger partial charge in [-0.3, -0.25) is 0 Å². The molecule has 0 saturated carbocycles. The fraction of sp³-hybridized carbons (Fsp3) is 0. The molecule has 0 N–H and O–H groups in total. The van der Waals surface area contributed by atoms with Crippen LogP contribution in [0.25, 0.3) is 116 Å². The molecule has 57 heavy (non-hydrogen) atoms. The standard InChI is InChI=1S/C53H32N4/c1-2-14-35(15-3-1)51-54-52(36-29-27-34(28-30-36)41-24-11-17-33-13-4-6-20-40(33)41)56-53(55-51)38-18-10-19-39(31-38)57-46-26-12-25-45-43-22-8-9-23-44(43)48-42-21-7-5-16-37(42)32-47(57)50(48)49(45)46/h1-32H. The summed E-state index contributed by atoms with van der Waals surface area (Å²) in [4.78, 5) is 15.3. The number of benzene rings is 10. The van der Waals surface area contributed by atoms with E-state index in [4.69, 9.17) is 15.0 Å². The van der Waals surface area contributed by atoms with Gasteiger partial charge < -0.3 is 4.57 Å². The van der Waals surface area contributed by atoms with Gasteiger partial charge in [0, 0.05) is 38.5 Å². The minimum absolute atomic E-state index is 0.628. The van der Waals surface area contributed by atoms with Crippen LogP contribution in [0.1, 0.15) is 0 Å². The molecule has 0 aliphatic rings. The van der Waals surface area contributed by atoms with Crippen molar-refractivity contribution < 1.29 is 0 Å². The third kappa shape index (κ3) is 4.91. The van der Waals surface area contributed by atoms with Gasteiger partial charge in [0.15, 0.2) is 17.5 Å². The van der Waals surface area contributed by atoms with E-state index < -0.39 is 0 Å². The minimum Gasteiger partial charge on any atom is -0.309 e. The first-order valence-electron chi connectivity index (χ1n) is 19.4. The first-order chi connectivity index (χ1) is 28.3. The molecule has 0 atom stereocenters. The van der Waals surface area contributed by atoms with E-state index in [-0.39, 0.29) is 0 Å². The van der Waals surface area contributed by atoms with E-state index in [9.17, 15) is 0 Å². The summed E-state index contributed by atoms with van der Waals surface area (Å²) in [5, 5.41) is 12.7. The summed E-state index contributed by atoms with van der Waals surface area (Å²) in [5.41, 5.74) is 8.57. The molecule has 2 aromatic heterocycles. The highest BCUT2D eigenvalue weighted by molar-refractivity contribution is 6.39. The Morgan fingerprint density at radius 3 is 1.65 bits per heavy atom. The summed E-state index contributed by atoms with van der Waals surface area (Å²) in [7, 11) is 0. The van der Waals surface area contributed by atoms with Gasteiger partial charge >= 0.3 is 0 Å². The zero-order chi connectivity index (χ0) is 37.5. The van der Waals surface area contributed by atoms with Gasteiger partial charge in [-0.05, 0) is 73.1 Å². The van der Waals surface area contributed by atoms with Crippen molar-refractivity contribution in [3.05, 3.63) is 194 Å². The first kappa shape index (κ1) is 31.6. The van der Waals surface area contributed by atoms with Gasteiger partial charge in [-0.1, -0.05) is 170 Å². The van der Waals surface area contributed by atoms with Crippen molar-refractivity contribution in [2.75, 3.05) is 0 Å². The SMILES string of the molecule is c1ccc(-c2nc(-c3ccc(-c4cccc5ccccc45)cc3)nc(-c3cccc(-n4c5cccc6c7ccccc7c7c8ccccc8cc4c7c65)c3)n2)cc1. The molecule has 0 aliphatic heterocycles. The summed E-state index contributed by atoms with van der Waals surface area (Å²) in [5.74, 6) is 1.90. The van der Waals surface area contributed by atoms with E-state index in [0.717, 1.165) is 27.9 Å². The van der Waals surface area contributed by atoms with Crippen LogP contribution in [0.2, 0.25) is 0 Å². The largest absolute Gasteiger partial charge is 0.309 e. The Hall–Kier alpha value is -7.69. The van der Waals surface area contributed by atoms with Gasteiger partial charge in [0.1, 0.15) is 0 Å². The summed E-state index contributed by atoms with van der Waals surface area (Å²) in [6, 6.07) is 69.1. The molecule has 0 fully saturated rings. The van der Waals surface area contributed by atoms with Crippen LogP contribution < -0.4 is 0 Å². The van der Waals surface area contributed by atoms with E-state index in [1.54, 1.807) is 0 Å². The van der Waals surface area contributed by atoms with E-state index in [0.29, 0.717) is 17.5 Å². The lowest BCUT2D eigenvalue weighted by Gasteiger charge is -2.12. The zero-order valence-corrected chi connectivity index (χ0v) is 30.8. The van der Waals surface area contributed by atoms with Crippen molar-refractivity contribution in [3.8, 4) is 51.0 Å². The summed E-state index contributed by atoms with van der Waals surface area (Å²) >= 11 is 0. The molecular weight excluding hydrogens is 693 g/mol. The third-order valence-electron chi connectivity index (χ3n) is 11.6. The second-order valence-electron chi connectivity index (χ2n) is 14.8. The molecule has 4 heteroatoms. The van der Waals surface area contributed by atoms with Crippen molar-refractivity contribution in [1.82, 2.24) is 19.5 Å². The molecule has 2 heterocycles. The fourth-order valence-corrected chi connectivity index (χ4v) is 9.01. The fourth-order valence-electron chi connectivity index (χ4n) is 9.01. The van der Waals surface area contributed by atoms with Crippen molar-refractivity contribution >= 4 is 64.9 Å². The van der Waals surface area contributed by atoms with Crippen LogP contribution in [0.3, 0.4) is 0 Å². The monoisotopic (exact) mass is 724 g/mol. The van der Waals surface area contributed by atoms with Crippen LogP contribution in [0.4, 0.5) is 0 Å². The zero-order valence-electron chi connectivity index (χ0n) is 30.8. The van der Waals surface area contributed by atoms with E-state index in [1.165, 1.54) is 70.5 Å². The van der Waals surface area contributed by atoms with Crippen molar-refractivity contribution in [2.45, 2.75) is 0 Å². The van der Waals surface area contributed by atoms with Crippen molar-refractivity contribution in [2.24, 2.45) is 0 Å². The second kappa shape index (κ2) is 12.4. The smallest absolute Gasteiger partial charge is 0.164 e. The average molecular weight is 725 g/mol. The van der Waals surface area contributed by atoms with Crippen LogP contribution in [0, 0.1) is 0 Å². The summed E-state index contributed by atoms with van der Waals surface area (Å²) < 4.78 is 2.42. The maximum absolute atomic E-state index is 5.17. The number of hydrogen-bond acceptors (Lipinski definition) is 3. The molecule has 0 bridgehead atoms. The van der Waals surface area contributed by atoms with Crippen LogP contribution in [0.5, 0.6) is 0 Å². The van der Waals surface area contributed by atoms with E-state index in [1.807, 2.05) is 18.2 Å². The predicted molar refractivity (Wildman–Crippen MR) is 237 cm³/mol. The summed E-state index contributed by atoms with van der Waals surface area (Å²) in [6.45, 7) is 0. The van der Waals surface area contributed by atoms with Gasteiger partial charge in [-0.25, -0.2) is 15.0 Å². The van der Waals surface area contributed by atoms with E-state index >= 15 is 0 Å². The van der Waals surface area contributed by atoms with Crippen molar-refractivity contribution in [3.63, 3.8) is 0 Å². The Morgan fingerprint density at radius 2 is 0.842 bits per heavy atom. The summed E-state index contributed by atoms with van der Waals surface area (Å²) in [6.07, 6.45) is 0. The molecule has 264 valence electrons. The highest BCUT2D eigenvalue weighted by Gasteiger charge is 2.22. The first-order valence-corrected chi connectivity index (χ1v) is 19.4. The van der Waals surface area contributed by atoms with Crippen LogP contribution in [0.15, 0.2) is 194 Å². The second-order valence-corrected chi connectivity index (χ2v) is 14.8. The van der Waals surface area contributed by atoms with Gasteiger partial charge in [0.05, 0.1) is 11.0 Å². The lowest BCUT2D eigenvalue weighted by Crippen LogP contribution is -2.01. The van der Waals surface area contributed by atoms with Gasteiger partial charge in [-0.15, -0.1) is 0 Å². The van der Waals surface area contributed by atoms with Gasteiger partial charge in [0.25, 0.3) is 0 Å². The predicted octanol–water partition coefficient (Wildman–Crippen LogP) is 13.7. The number of fused-ring (bicyclic) bond motifs is 6. The van der Waals surface area contributed by atoms with E-state index in [2.05, 4.69) is 180 Å². The molecular formula is C53H32N4. The Labute approximate surface area is 328 Å². The van der Waals surface area contributed by atoms with Gasteiger partial charge in [-0.2, -0.15) is 0 Å². The number of nitrogens with zero attached hydrogens (tertiary/aromatic N) is 4. The topological polar surface area (TPSA) is 43.6 Å². The molecule has 12 aromatic rings. The molecule has 0 spiro atoms. The molecule has 10 aromatic carbocycles. The Balaban J connectivity index is 1.05. The lowest BCUT2D eigenvalue weighted by atomic mass is 9.91. The quantitative estimate of drug-likeness (QED) is 0.166. The molecule has 0 radical (unpaired) electrons. The Morgan fingerprint density at radius 1 is 0.298 bits per heavy atom. The number of hydrogen-bond donors (Lipinski definition) is 0. The third-order valence-corrected chi connectivity index (χ3v) is 11.6. The molecule has 0 amide bonds. The molecule has 12 rings (SSSR count). The number of rotatable bonds is 5. The minimum atomic E-state index is 0.628. The highest BCUT2D eigenvalue weighted by Crippen LogP contribution is 2.46. The maximum atomic E-state index is 5.17. The lowest BCUT2D eigenvalue weighted by molar-refractivity contribution is 1.07. The maximum Gasteiger partial charge on any atom is 0.164 e. The van der Waals surface area contributed by atoms with Crippen LogP contribution in [-0.4, -0.2) is 19.5 Å². The van der Waals surface area contributed by atoms with Crippen LogP contribution >= 0.6 is 0 Å². The van der Waals surface area contributed by atoms with Crippen LogP contribution in [-0.2, 0) is 0 Å². The highest BCUT2D eigenvalue weighted by atomic mass is 15.0.